The zero-order valence-electron chi connectivity index (χ0n) is 15.7. The summed E-state index contributed by atoms with van der Waals surface area (Å²) in [6.07, 6.45) is 0.789. The van der Waals surface area contributed by atoms with Crippen molar-refractivity contribution in [1.82, 2.24) is 0 Å². The maximum atomic E-state index is 11.1. The molecule has 0 atom stereocenters. The minimum Gasteiger partial charge on any atom is -0.404 e. The van der Waals surface area contributed by atoms with Gasteiger partial charge in [-0.05, 0) is 48.6 Å². The molecule has 0 aliphatic rings. The van der Waals surface area contributed by atoms with E-state index in [0.717, 1.165) is 23.1 Å². The molecule has 0 unspecified atom stereocenters. The minimum absolute atomic E-state index is 0.260. The lowest BCUT2D eigenvalue weighted by Crippen LogP contribution is -2.20. The van der Waals surface area contributed by atoms with E-state index in [9.17, 15) is 4.57 Å². The fraction of sp³-hybridized carbons (Fsp3) is 0.647. The van der Waals surface area contributed by atoms with E-state index in [0.29, 0.717) is 5.75 Å². The topological polar surface area (TPSA) is 66.8 Å². The summed E-state index contributed by atoms with van der Waals surface area (Å²) in [6.45, 7) is 15.8. The third-order valence-electron chi connectivity index (χ3n) is 3.07. The highest BCUT2D eigenvalue weighted by atomic mass is 32.1. The van der Waals surface area contributed by atoms with Gasteiger partial charge in [0, 0.05) is 5.56 Å². The molecule has 0 aliphatic heterocycles. The lowest BCUT2D eigenvalue weighted by Gasteiger charge is -2.29. The van der Waals surface area contributed by atoms with Crippen LogP contribution in [0.15, 0.2) is 12.1 Å². The van der Waals surface area contributed by atoms with E-state index in [1.54, 1.807) is 6.07 Å². The SMILES string of the molecule is CC.CC.Cc1cc(C)c(C(C)(C)CCS)c(OP(=O)(O)O)c1. The monoisotopic (exact) mass is 364 g/mol. The van der Waals surface area contributed by atoms with E-state index >= 15 is 0 Å². The quantitative estimate of drug-likeness (QED) is 0.482. The Morgan fingerprint density at radius 3 is 2.00 bits per heavy atom. The average Bonchev–Trinajstić information content (AvgIpc) is 2.39. The minimum atomic E-state index is -4.56. The second kappa shape index (κ2) is 11.1. The predicted octanol–water partition coefficient (Wildman–Crippen LogP) is 5.42. The summed E-state index contributed by atoms with van der Waals surface area (Å²) in [6, 6.07) is 3.66. The van der Waals surface area contributed by atoms with Gasteiger partial charge in [-0.15, -0.1) is 0 Å². The Morgan fingerprint density at radius 2 is 1.61 bits per heavy atom. The zero-order chi connectivity index (χ0) is 18.8. The molecule has 0 saturated heterocycles. The summed E-state index contributed by atoms with van der Waals surface area (Å²) < 4.78 is 16.0. The molecule has 4 nitrogen and oxygen atoms in total. The van der Waals surface area contributed by atoms with Crippen molar-refractivity contribution in [3.05, 3.63) is 28.8 Å². The van der Waals surface area contributed by atoms with Gasteiger partial charge in [-0.3, -0.25) is 9.79 Å². The van der Waals surface area contributed by atoms with Crippen LogP contribution < -0.4 is 4.52 Å². The van der Waals surface area contributed by atoms with Crippen molar-refractivity contribution in [2.24, 2.45) is 0 Å². The van der Waals surface area contributed by atoms with Crippen molar-refractivity contribution in [2.75, 3.05) is 5.75 Å². The Balaban J connectivity index is 0. The van der Waals surface area contributed by atoms with Crippen LogP contribution >= 0.6 is 20.5 Å². The maximum Gasteiger partial charge on any atom is 0.524 e. The molecule has 6 heteroatoms. The Labute approximate surface area is 147 Å². The normalized spacial score (nSPS) is 10.9. The predicted molar refractivity (Wildman–Crippen MR) is 103 cm³/mol. The van der Waals surface area contributed by atoms with Crippen molar-refractivity contribution in [3.8, 4) is 5.75 Å². The van der Waals surface area contributed by atoms with Crippen LogP contribution in [0.1, 0.15) is 64.7 Å². The highest BCUT2D eigenvalue weighted by Crippen LogP contribution is 2.45. The smallest absolute Gasteiger partial charge is 0.404 e. The van der Waals surface area contributed by atoms with Crippen molar-refractivity contribution in [3.63, 3.8) is 0 Å². The molecule has 0 amide bonds. The summed E-state index contributed by atoms with van der Waals surface area (Å²) in [5.41, 5.74) is 2.45. The summed E-state index contributed by atoms with van der Waals surface area (Å²) in [4.78, 5) is 18.1. The van der Waals surface area contributed by atoms with E-state index in [2.05, 4.69) is 12.6 Å². The number of hydrogen-bond donors (Lipinski definition) is 3. The zero-order valence-corrected chi connectivity index (χ0v) is 17.5. The lowest BCUT2D eigenvalue weighted by atomic mass is 9.79. The van der Waals surface area contributed by atoms with Gasteiger partial charge >= 0.3 is 7.82 Å². The van der Waals surface area contributed by atoms with Crippen LogP contribution in [0.2, 0.25) is 0 Å². The van der Waals surface area contributed by atoms with Crippen LogP contribution in [0.5, 0.6) is 5.75 Å². The van der Waals surface area contributed by atoms with Crippen molar-refractivity contribution >= 4 is 20.5 Å². The largest absolute Gasteiger partial charge is 0.524 e. The van der Waals surface area contributed by atoms with Gasteiger partial charge in [0.05, 0.1) is 0 Å². The fourth-order valence-corrected chi connectivity index (χ4v) is 3.36. The van der Waals surface area contributed by atoms with Gasteiger partial charge in [0.15, 0.2) is 0 Å². The van der Waals surface area contributed by atoms with Gasteiger partial charge in [0.25, 0.3) is 0 Å². The maximum absolute atomic E-state index is 11.1. The molecule has 136 valence electrons. The van der Waals surface area contributed by atoms with Gasteiger partial charge in [-0.2, -0.15) is 12.6 Å². The fourth-order valence-electron chi connectivity index (χ4n) is 2.40. The van der Waals surface area contributed by atoms with E-state index < -0.39 is 7.82 Å². The highest BCUT2D eigenvalue weighted by molar-refractivity contribution is 7.80. The summed E-state index contributed by atoms with van der Waals surface area (Å²) in [5, 5.41) is 0. The standard InChI is InChI=1S/C13H21O4PS.2C2H6/c1-9-7-10(2)12(13(3,4)5-6-19)11(8-9)17-18(14,15)16;2*1-2/h7-8,19H,5-6H2,1-4H3,(H2,14,15,16);2*1-2H3. The summed E-state index contributed by atoms with van der Waals surface area (Å²) in [5.74, 6) is 0.952. The Hall–Kier alpha value is -0.480. The van der Waals surface area contributed by atoms with Gasteiger partial charge in [-0.1, -0.05) is 47.6 Å². The lowest BCUT2D eigenvalue weighted by molar-refractivity contribution is 0.280. The van der Waals surface area contributed by atoms with E-state index in [1.165, 1.54) is 0 Å². The molecule has 0 spiro atoms. The van der Waals surface area contributed by atoms with Gasteiger partial charge in [0.2, 0.25) is 0 Å². The molecule has 0 heterocycles. The Morgan fingerprint density at radius 1 is 1.13 bits per heavy atom. The van der Waals surface area contributed by atoms with Gasteiger partial charge in [-0.25, -0.2) is 4.57 Å². The number of phosphoric ester groups is 1. The number of rotatable bonds is 5. The number of phosphoric acid groups is 1. The molecule has 0 aliphatic carbocycles. The van der Waals surface area contributed by atoms with E-state index in [1.807, 2.05) is 61.5 Å². The van der Waals surface area contributed by atoms with Crippen LogP contribution in [-0.4, -0.2) is 15.5 Å². The first-order valence-corrected chi connectivity index (χ1v) is 10.2. The Bertz CT molecular complexity index is 510. The Kier molecular flexibility index (Phi) is 12.0. The molecule has 0 fully saturated rings. The van der Waals surface area contributed by atoms with Gasteiger partial charge in [0.1, 0.15) is 5.75 Å². The highest BCUT2D eigenvalue weighted by Gasteiger charge is 2.29. The van der Waals surface area contributed by atoms with Crippen LogP contribution in [0, 0.1) is 13.8 Å². The van der Waals surface area contributed by atoms with E-state index in [-0.39, 0.29) is 11.2 Å². The first-order valence-electron chi connectivity index (χ1n) is 8.04. The first-order chi connectivity index (χ1) is 10.6. The van der Waals surface area contributed by atoms with Crippen LogP contribution in [0.3, 0.4) is 0 Å². The van der Waals surface area contributed by atoms with E-state index in [4.69, 9.17) is 14.3 Å². The molecule has 23 heavy (non-hydrogen) atoms. The van der Waals surface area contributed by atoms with Crippen LogP contribution in [0.4, 0.5) is 0 Å². The van der Waals surface area contributed by atoms with Crippen molar-refractivity contribution < 1.29 is 18.9 Å². The second-order valence-electron chi connectivity index (χ2n) is 5.39. The number of hydrogen-bond acceptors (Lipinski definition) is 3. The average molecular weight is 364 g/mol. The summed E-state index contributed by atoms with van der Waals surface area (Å²) in [7, 11) is -4.56. The molecule has 1 aromatic rings. The van der Waals surface area contributed by atoms with Crippen molar-refractivity contribution in [1.29, 1.82) is 0 Å². The third kappa shape index (κ3) is 8.80. The molecule has 0 aromatic heterocycles. The van der Waals surface area contributed by atoms with Crippen LogP contribution in [0.25, 0.3) is 0 Å². The second-order valence-corrected chi connectivity index (χ2v) is 7.01. The van der Waals surface area contributed by atoms with Crippen LogP contribution in [-0.2, 0) is 9.98 Å². The molecular formula is C17H33O4PS. The molecule has 2 N–H and O–H groups in total. The molecule has 0 radical (unpaired) electrons. The number of thiol groups is 1. The molecule has 0 bridgehead atoms. The number of benzene rings is 1. The number of aryl methyl sites for hydroxylation is 2. The molecule has 1 rings (SSSR count). The molecular weight excluding hydrogens is 331 g/mol. The van der Waals surface area contributed by atoms with Gasteiger partial charge < -0.3 is 4.52 Å². The third-order valence-corrected chi connectivity index (χ3v) is 3.73. The first kappa shape index (κ1) is 24.8. The molecule has 1 aromatic carbocycles. The summed E-state index contributed by atoms with van der Waals surface area (Å²) >= 11 is 4.24. The molecule has 0 saturated carbocycles. The van der Waals surface area contributed by atoms with Crippen molar-refractivity contribution in [2.45, 2.75) is 67.2 Å².